The molecule has 0 aromatic carbocycles. The molecule has 0 saturated carbocycles. The number of aliphatic hydroxyl groups is 1. The van der Waals surface area contributed by atoms with E-state index >= 15 is 0 Å². The molecule has 2 aliphatic rings. The Morgan fingerprint density at radius 1 is 1.29 bits per heavy atom. The molecule has 1 saturated heterocycles. The molecule has 0 amide bonds. The molecule has 2 unspecified atom stereocenters. The highest BCUT2D eigenvalue weighted by atomic mass is 16.5. The molecule has 2 atom stereocenters. The molecule has 3 N–H and O–H groups in total. The van der Waals surface area contributed by atoms with Gasteiger partial charge >= 0.3 is 0 Å². The average molecular weight is 384 g/mol. The molecule has 2 aliphatic heterocycles. The van der Waals surface area contributed by atoms with Crippen molar-refractivity contribution in [1.29, 1.82) is 0 Å². The van der Waals surface area contributed by atoms with E-state index < -0.39 is 0 Å². The average Bonchev–Trinajstić information content (AvgIpc) is 3.30. The molecule has 0 spiro atoms. The highest BCUT2D eigenvalue weighted by molar-refractivity contribution is 5.98. The molecule has 9 nitrogen and oxygen atoms in total. The highest BCUT2D eigenvalue weighted by Crippen LogP contribution is 2.41. The van der Waals surface area contributed by atoms with Crippen molar-refractivity contribution >= 4 is 5.84 Å². The third-order valence-electron chi connectivity index (χ3n) is 4.79. The minimum Gasteiger partial charge on any atom is -0.388 e. The number of rotatable bonds is 5. The van der Waals surface area contributed by atoms with E-state index in [0.717, 1.165) is 11.3 Å². The van der Waals surface area contributed by atoms with Crippen LogP contribution in [0.15, 0.2) is 52.1 Å². The van der Waals surface area contributed by atoms with Gasteiger partial charge < -0.3 is 14.4 Å². The second-order valence-electron chi connectivity index (χ2n) is 7.87. The van der Waals surface area contributed by atoms with E-state index in [2.05, 4.69) is 46.9 Å². The van der Waals surface area contributed by atoms with Gasteiger partial charge in [-0.1, -0.05) is 25.9 Å². The van der Waals surface area contributed by atoms with Crippen LogP contribution >= 0.6 is 0 Å². The smallest absolute Gasteiger partial charge is 0.197 e. The summed E-state index contributed by atoms with van der Waals surface area (Å²) in [6.07, 6.45) is 5.13. The second-order valence-corrected chi connectivity index (χ2v) is 7.87. The van der Waals surface area contributed by atoms with Crippen molar-refractivity contribution in [3.63, 3.8) is 0 Å². The summed E-state index contributed by atoms with van der Waals surface area (Å²) in [7, 11) is 0. The lowest BCUT2D eigenvalue weighted by molar-refractivity contribution is -0.0288. The summed E-state index contributed by atoms with van der Waals surface area (Å²) in [5.74, 6) is 1.01. The van der Waals surface area contributed by atoms with E-state index in [1.807, 2.05) is 23.3 Å². The summed E-state index contributed by atoms with van der Waals surface area (Å²) >= 11 is 0. The zero-order chi connectivity index (χ0) is 19.7. The van der Waals surface area contributed by atoms with E-state index in [1.54, 1.807) is 18.5 Å². The summed E-state index contributed by atoms with van der Waals surface area (Å²) in [6.45, 7) is 6.78. The predicted molar refractivity (Wildman–Crippen MR) is 101 cm³/mol. The molecule has 28 heavy (non-hydrogen) atoms. The van der Waals surface area contributed by atoms with Crippen molar-refractivity contribution in [3.05, 3.63) is 59.5 Å². The lowest BCUT2D eigenvalue weighted by Gasteiger charge is -2.32. The van der Waals surface area contributed by atoms with E-state index in [0.29, 0.717) is 23.9 Å². The Kier molecular flexibility index (Phi) is 4.88. The van der Waals surface area contributed by atoms with Crippen molar-refractivity contribution in [3.8, 4) is 0 Å². The number of amidine groups is 1. The van der Waals surface area contributed by atoms with Crippen molar-refractivity contribution < 1.29 is 14.4 Å². The number of hydrogen-bond acceptors (Lipinski definition) is 9. The second kappa shape index (κ2) is 7.34. The van der Waals surface area contributed by atoms with Gasteiger partial charge in [-0.15, -0.1) is 0 Å². The summed E-state index contributed by atoms with van der Waals surface area (Å²) in [6, 6.07) is 5.55. The van der Waals surface area contributed by atoms with Crippen molar-refractivity contribution in [2.75, 3.05) is 0 Å². The van der Waals surface area contributed by atoms with Gasteiger partial charge in [0, 0.05) is 30.6 Å². The number of hydrogen-bond donors (Lipinski definition) is 3. The van der Waals surface area contributed by atoms with Gasteiger partial charge in [0.25, 0.3) is 0 Å². The van der Waals surface area contributed by atoms with Crippen LogP contribution in [0.5, 0.6) is 0 Å². The topological polar surface area (TPSA) is 108 Å². The van der Waals surface area contributed by atoms with Crippen LogP contribution in [0.2, 0.25) is 0 Å². The van der Waals surface area contributed by atoms with Gasteiger partial charge in [0.15, 0.2) is 17.3 Å². The van der Waals surface area contributed by atoms with Gasteiger partial charge in [0.05, 0.1) is 12.3 Å². The zero-order valence-electron chi connectivity index (χ0n) is 16.1. The minimum atomic E-state index is -0.256. The number of hydrazine groups is 1. The van der Waals surface area contributed by atoms with Crippen LogP contribution in [0.3, 0.4) is 0 Å². The number of nitrogens with one attached hydrogen (secondary N) is 2. The van der Waals surface area contributed by atoms with Gasteiger partial charge in [-0.25, -0.2) is 0 Å². The van der Waals surface area contributed by atoms with E-state index in [1.165, 1.54) is 0 Å². The summed E-state index contributed by atoms with van der Waals surface area (Å²) in [4.78, 5) is 4.04. The van der Waals surface area contributed by atoms with Crippen LogP contribution in [-0.4, -0.2) is 32.3 Å². The molecule has 2 aromatic rings. The Morgan fingerprint density at radius 3 is 2.75 bits per heavy atom. The van der Waals surface area contributed by atoms with Crippen LogP contribution in [0.1, 0.15) is 37.8 Å². The number of fused-ring (bicyclic) bond motifs is 1. The number of nitrogens with zero attached hydrogens (tertiary/aromatic N) is 4. The minimum absolute atomic E-state index is 0.0663. The molecule has 1 fully saturated rings. The maximum atomic E-state index is 9.25. The largest absolute Gasteiger partial charge is 0.388 e. The predicted octanol–water partition coefficient (Wildman–Crippen LogP) is 1.69. The first-order valence-electron chi connectivity index (χ1n) is 9.14. The van der Waals surface area contributed by atoms with Crippen molar-refractivity contribution in [2.24, 2.45) is 16.4 Å². The van der Waals surface area contributed by atoms with Gasteiger partial charge in [-0.05, 0) is 23.1 Å². The Hall–Kier alpha value is -2.75. The quantitative estimate of drug-likeness (QED) is 0.715. The number of ether oxygens (including phenoxy) is 1. The monoisotopic (exact) mass is 384 g/mol. The molecule has 0 aliphatic carbocycles. The molecule has 4 heterocycles. The molecular formula is C19H24N6O3. The molecule has 0 bridgehead atoms. The van der Waals surface area contributed by atoms with Crippen LogP contribution in [-0.2, 0) is 18.0 Å². The number of aromatic nitrogens is 2. The first kappa shape index (κ1) is 18.6. The lowest BCUT2D eigenvalue weighted by Crippen LogP contribution is -2.43. The Morgan fingerprint density at radius 2 is 2.07 bits per heavy atom. The maximum absolute atomic E-state index is 9.25. The van der Waals surface area contributed by atoms with E-state index in [4.69, 9.17) is 9.26 Å². The normalized spacial score (nSPS) is 21.8. The fourth-order valence-corrected chi connectivity index (χ4v) is 3.48. The zero-order valence-corrected chi connectivity index (χ0v) is 16.1. The van der Waals surface area contributed by atoms with Gasteiger partial charge in [-0.3, -0.25) is 15.4 Å². The molecule has 9 heteroatoms. The summed E-state index contributed by atoms with van der Waals surface area (Å²) < 4.78 is 11.4. The number of pyridine rings is 1. The van der Waals surface area contributed by atoms with Crippen LogP contribution in [0, 0.1) is 11.3 Å². The fraction of sp³-hybridized carbons (Fsp3) is 0.421. The van der Waals surface area contributed by atoms with Gasteiger partial charge in [0.2, 0.25) is 0 Å². The van der Waals surface area contributed by atoms with Gasteiger partial charge in [-0.2, -0.15) is 10.5 Å². The van der Waals surface area contributed by atoms with Gasteiger partial charge in [0.1, 0.15) is 12.8 Å². The molecule has 148 valence electrons. The number of aliphatic hydroxyl groups excluding tert-OH is 1. The lowest BCUT2D eigenvalue weighted by atomic mass is 9.78. The van der Waals surface area contributed by atoms with Crippen LogP contribution < -0.4 is 10.9 Å². The third-order valence-corrected chi connectivity index (χ3v) is 4.79. The van der Waals surface area contributed by atoms with E-state index in [-0.39, 0.29) is 24.2 Å². The summed E-state index contributed by atoms with van der Waals surface area (Å²) in [5, 5.41) is 19.5. The van der Waals surface area contributed by atoms with Crippen molar-refractivity contribution in [1.82, 2.24) is 26.0 Å². The Bertz CT molecular complexity index is 887. The fourth-order valence-electron chi connectivity index (χ4n) is 3.48. The maximum Gasteiger partial charge on any atom is 0.197 e. The molecule has 2 aromatic heterocycles. The molecule has 0 radical (unpaired) electrons. The van der Waals surface area contributed by atoms with Crippen LogP contribution in [0.25, 0.3) is 0 Å². The van der Waals surface area contributed by atoms with Crippen molar-refractivity contribution in [2.45, 2.75) is 40.2 Å². The van der Waals surface area contributed by atoms with Crippen LogP contribution in [0.4, 0.5) is 0 Å². The highest BCUT2D eigenvalue weighted by Gasteiger charge is 2.47. The Balaban J connectivity index is 1.59. The first-order valence-corrected chi connectivity index (χ1v) is 9.14. The Labute approximate surface area is 163 Å². The SMILES string of the molecule is CC(C)(C)C1C2=CNN=C(c3cc(CO)on3)N2NC1OCc1ccncc1. The standard InChI is InChI=1S/C19H24N6O3/c1-19(2,3)16-15-9-21-22-17(14-8-13(10-26)28-24-14)25(15)23-18(16)27-11-12-4-6-20-7-5-12/h4-9,16,18,21,23,26H,10-11H2,1-3H3. The third kappa shape index (κ3) is 3.51. The molecule has 4 rings (SSSR count). The summed E-state index contributed by atoms with van der Waals surface area (Å²) in [5.41, 5.74) is 8.89. The first-order chi connectivity index (χ1) is 13.5. The number of hydrazone groups is 1. The van der Waals surface area contributed by atoms with E-state index in [9.17, 15) is 5.11 Å². The molecular weight excluding hydrogens is 360 g/mol.